The molecule has 10 nitrogen and oxygen atoms in total. The third-order valence-electron chi connectivity index (χ3n) is 4.81. The van der Waals surface area contributed by atoms with Gasteiger partial charge in [0.1, 0.15) is 22.6 Å². The van der Waals surface area contributed by atoms with Gasteiger partial charge in [-0.1, -0.05) is 22.9 Å². The van der Waals surface area contributed by atoms with Gasteiger partial charge in [0.2, 0.25) is 5.88 Å². The van der Waals surface area contributed by atoms with Crippen LogP contribution in [0, 0.1) is 0 Å². The SMILES string of the molecule is CC1Oc2nc(-c3nnn(C)c3CC(=O)O[C@H](C)c3cccnc3Cl)ccc2NC1=O. The molecule has 0 aromatic carbocycles. The molecule has 0 saturated carbocycles. The van der Waals surface area contributed by atoms with Crippen molar-refractivity contribution in [2.75, 3.05) is 5.32 Å². The van der Waals surface area contributed by atoms with Gasteiger partial charge in [-0.2, -0.15) is 0 Å². The molecule has 0 saturated heterocycles. The Morgan fingerprint density at radius 2 is 2.19 bits per heavy atom. The van der Waals surface area contributed by atoms with E-state index in [-0.39, 0.29) is 23.4 Å². The number of anilines is 1. The van der Waals surface area contributed by atoms with Gasteiger partial charge >= 0.3 is 5.97 Å². The van der Waals surface area contributed by atoms with Crippen LogP contribution in [-0.4, -0.2) is 42.9 Å². The van der Waals surface area contributed by atoms with Crippen LogP contribution in [0.4, 0.5) is 5.69 Å². The van der Waals surface area contributed by atoms with E-state index in [9.17, 15) is 9.59 Å². The van der Waals surface area contributed by atoms with Gasteiger partial charge in [0.25, 0.3) is 5.91 Å². The van der Waals surface area contributed by atoms with Crippen molar-refractivity contribution < 1.29 is 19.1 Å². The van der Waals surface area contributed by atoms with Crippen molar-refractivity contribution in [3.05, 3.63) is 46.9 Å². The lowest BCUT2D eigenvalue weighted by Gasteiger charge is -2.22. The Balaban J connectivity index is 1.55. The van der Waals surface area contributed by atoms with Crippen LogP contribution in [0.3, 0.4) is 0 Å². The second kappa shape index (κ2) is 8.31. The zero-order chi connectivity index (χ0) is 22.1. The van der Waals surface area contributed by atoms with Gasteiger partial charge < -0.3 is 14.8 Å². The maximum atomic E-state index is 12.6. The standard InChI is InChI=1S/C20H19ClN6O4/c1-10(12-5-4-8-22-18(12)21)30-16(28)9-15-17(25-26-27(15)3)13-6-7-14-20(24-13)31-11(2)19(29)23-14/h4-8,10-11H,9H2,1-3H3,(H,23,29)/t10-,11?/m1/s1. The number of carbonyl (C=O) groups excluding carboxylic acids is 2. The Morgan fingerprint density at radius 1 is 1.39 bits per heavy atom. The van der Waals surface area contributed by atoms with E-state index in [4.69, 9.17) is 21.1 Å². The summed E-state index contributed by atoms with van der Waals surface area (Å²) in [6, 6.07) is 6.82. The van der Waals surface area contributed by atoms with Crippen molar-refractivity contribution in [2.45, 2.75) is 32.5 Å². The number of ether oxygens (including phenoxy) is 2. The number of esters is 1. The Kier molecular flexibility index (Phi) is 5.55. The topological polar surface area (TPSA) is 121 Å². The summed E-state index contributed by atoms with van der Waals surface area (Å²) in [5.74, 6) is -0.439. The second-order valence-electron chi connectivity index (χ2n) is 7.00. The molecule has 4 rings (SSSR count). The first-order chi connectivity index (χ1) is 14.8. The molecule has 0 bridgehead atoms. The van der Waals surface area contributed by atoms with Crippen molar-refractivity contribution in [2.24, 2.45) is 7.05 Å². The molecule has 0 radical (unpaired) electrons. The molecular formula is C20H19ClN6O4. The van der Waals surface area contributed by atoms with E-state index in [1.807, 2.05) is 0 Å². The summed E-state index contributed by atoms with van der Waals surface area (Å²) in [5, 5.41) is 11.2. The minimum absolute atomic E-state index is 0.0756. The first-order valence-corrected chi connectivity index (χ1v) is 9.88. The van der Waals surface area contributed by atoms with E-state index in [2.05, 4.69) is 25.6 Å². The van der Waals surface area contributed by atoms with Crippen LogP contribution >= 0.6 is 11.6 Å². The molecule has 1 aliphatic rings. The average molecular weight is 443 g/mol. The van der Waals surface area contributed by atoms with Crippen LogP contribution in [0.25, 0.3) is 11.4 Å². The lowest BCUT2D eigenvalue weighted by atomic mass is 10.1. The van der Waals surface area contributed by atoms with E-state index in [0.717, 1.165) is 0 Å². The highest BCUT2D eigenvalue weighted by molar-refractivity contribution is 6.30. The molecule has 1 unspecified atom stereocenters. The van der Waals surface area contributed by atoms with Crippen molar-refractivity contribution in [1.29, 1.82) is 0 Å². The van der Waals surface area contributed by atoms with Gasteiger partial charge in [0.15, 0.2) is 6.10 Å². The lowest BCUT2D eigenvalue weighted by Crippen LogP contribution is -2.34. The molecule has 11 heteroatoms. The van der Waals surface area contributed by atoms with Crippen LogP contribution in [0.15, 0.2) is 30.5 Å². The number of hydrogen-bond donors (Lipinski definition) is 1. The van der Waals surface area contributed by atoms with E-state index >= 15 is 0 Å². The van der Waals surface area contributed by atoms with Crippen molar-refractivity contribution in [3.63, 3.8) is 0 Å². The Hall–Kier alpha value is -3.53. The molecule has 2 atom stereocenters. The number of hydrogen-bond acceptors (Lipinski definition) is 8. The summed E-state index contributed by atoms with van der Waals surface area (Å²) >= 11 is 6.08. The third kappa shape index (κ3) is 4.19. The lowest BCUT2D eigenvalue weighted by molar-refractivity contribution is -0.147. The molecule has 1 aliphatic heterocycles. The number of aryl methyl sites for hydroxylation is 1. The number of pyridine rings is 2. The van der Waals surface area contributed by atoms with Crippen LogP contribution < -0.4 is 10.1 Å². The minimum atomic E-state index is -0.660. The number of fused-ring (bicyclic) bond motifs is 1. The number of nitrogens with zero attached hydrogens (tertiary/aromatic N) is 5. The van der Waals surface area contributed by atoms with Crippen LogP contribution in [0.5, 0.6) is 5.88 Å². The third-order valence-corrected chi connectivity index (χ3v) is 5.12. The number of carbonyl (C=O) groups is 2. The number of halogens is 1. The van der Waals surface area contributed by atoms with Gasteiger partial charge in [-0.15, -0.1) is 5.10 Å². The zero-order valence-electron chi connectivity index (χ0n) is 17.0. The normalized spacial score (nSPS) is 16.1. The molecule has 0 fully saturated rings. The molecule has 0 spiro atoms. The van der Waals surface area contributed by atoms with Gasteiger partial charge in [-0.05, 0) is 32.0 Å². The highest BCUT2D eigenvalue weighted by Crippen LogP contribution is 2.31. The van der Waals surface area contributed by atoms with Crippen molar-refractivity contribution in [1.82, 2.24) is 25.0 Å². The van der Waals surface area contributed by atoms with Crippen molar-refractivity contribution in [3.8, 4) is 17.3 Å². The summed E-state index contributed by atoms with van der Waals surface area (Å²) in [5.41, 5.74) is 2.49. The first-order valence-electron chi connectivity index (χ1n) is 9.51. The van der Waals surface area contributed by atoms with E-state index in [1.54, 1.807) is 51.4 Å². The number of amides is 1. The molecule has 1 amide bonds. The highest BCUT2D eigenvalue weighted by Gasteiger charge is 2.27. The van der Waals surface area contributed by atoms with E-state index < -0.39 is 18.2 Å². The molecule has 1 N–H and O–H groups in total. The second-order valence-corrected chi connectivity index (χ2v) is 7.36. The Bertz CT molecular complexity index is 1160. The summed E-state index contributed by atoms with van der Waals surface area (Å²) < 4.78 is 12.6. The molecule has 3 aromatic rings. The van der Waals surface area contributed by atoms with Gasteiger partial charge in [0.05, 0.1) is 17.8 Å². The highest BCUT2D eigenvalue weighted by atomic mass is 35.5. The summed E-state index contributed by atoms with van der Waals surface area (Å²) in [7, 11) is 1.68. The van der Waals surface area contributed by atoms with Crippen LogP contribution in [0.1, 0.15) is 31.2 Å². The minimum Gasteiger partial charge on any atom is -0.463 e. The first kappa shape index (κ1) is 20.7. The van der Waals surface area contributed by atoms with Gasteiger partial charge in [0, 0.05) is 18.8 Å². The summed E-state index contributed by atoms with van der Waals surface area (Å²) in [6.07, 6.45) is 0.259. The number of aromatic nitrogens is 5. The van der Waals surface area contributed by atoms with Gasteiger partial charge in [-0.3, -0.25) is 14.3 Å². The molecular weight excluding hydrogens is 424 g/mol. The smallest absolute Gasteiger partial charge is 0.312 e. The quantitative estimate of drug-likeness (QED) is 0.472. The predicted molar refractivity (Wildman–Crippen MR) is 110 cm³/mol. The van der Waals surface area contributed by atoms with E-state index in [0.29, 0.717) is 28.3 Å². The Morgan fingerprint density at radius 3 is 2.97 bits per heavy atom. The Labute approximate surface area is 182 Å². The predicted octanol–water partition coefficient (Wildman–Crippen LogP) is 2.49. The maximum absolute atomic E-state index is 12.6. The largest absolute Gasteiger partial charge is 0.463 e. The fraction of sp³-hybridized carbons (Fsp3) is 0.300. The van der Waals surface area contributed by atoms with Crippen LogP contribution in [-0.2, 0) is 27.8 Å². The molecule has 31 heavy (non-hydrogen) atoms. The summed E-state index contributed by atoms with van der Waals surface area (Å²) in [6.45, 7) is 3.35. The van der Waals surface area contributed by atoms with Crippen LogP contribution in [0.2, 0.25) is 5.15 Å². The zero-order valence-corrected chi connectivity index (χ0v) is 17.8. The van der Waals surface area contributed by atoms with E-state index in [1.165, 1.54) is 4.68 Å². The van der Waals surface area contributed by atoms with Gasteiger partial charge in [-0.25, -0.2) is 9.97 Å². The molecule has 4 heterocycles. The number of rotatable bonds is 5. The molecule has 160 valence electrons. The fourth-order valence-corrected chi connectivity index (χ4v) is 3.40. The fourth-order valence-electron chi connectivity index (χ4n) is 3.13. The number of nitrogens with one attached hydrogen (secondary N) is 1. The molecule has 0 aliphatic carbocycles. The molecule has 3 aromatic heterocycles. The average Bonchev–Trinajstić information content (AvgIpc) is 3.09. The monoisotopic (exact) mass is 442 g/mol. The van der Waals surface area contributed by atoms with Crippen molar-refractivity contribution >= 4 is 29.2 Å². The maximum Gasteiger partial charge on any atom is 0.312 e. The summed E-state index contributed by atoms with van der Waals surface area (Å²) in [4.78, 5) is 32.8.